The molecular weight excluding hydrogens is 70.9 g/mol. The number of allylic oxidation sites excluding steroid dienone is 2. The minimum absolute atomic E-state index is 1.14. The fourth-order valence-corrected chi connectivity index (χ4v) is 0.576. The van der Waals surface area contributed by atoms with Crippen LogP contribution in [0, 0.1) is 0 Å². The zero-order valence-corrected chi connectivity index (χ0v) is 3.94. The molecule has 1 heterocycles. The Bertz CT molecular complexity index is 97.8. The fraction of sp³-hybridized carbons (Fsp3) is 0.400. The predicted octanol–water partition coefficient (Wildman–Crippen LogP) is 0.800. The van der Waals surface area contributed by atoms with Crippen LogP contribution in [0.15, 0.2) is 11.5 Å². The summed E-state index contributed by atoms with van der Waals surface area (Å²) >= 11 is 0. The molecule has 6 heavy (non-hydrogen) atoms. The molecule has 0 saturated heterocycles. The van der Waals surface area contributed by atoms with E-state index in [-0.39, 0.29) is 0 Å². The maximum atomic E-state index is 2.21. The molecule has 0 fully saturated rings. The van der Waals surface area contributed by atoms with Gasteiger partial charge < -0.3 is 0 Å². The van der Waals surface area contributed by atoms with E-state index in [9.17, 15) is 0 Å². The van der Waals surface area contributed by atoms with Gasteiger partial charge in [0.15, 0.2) is 0 Å². The Labute approximate surface area is 38.8 Å². The summed E-state index contributed by atoms with van der Waals surface area (Å²) in [6.07, 6.45) is 3.35. The second-order valence-corrected chi connectivity index (χ2v) is 1.59. The molecule has 1 aliphatic heterocycles. The van der Waals surface area contributed by atoms with Crippen molar-refractivity contribution in [2.75, 3.05) is 0 Å². The van der Waals surface area contributed by atoms with Crippen LogP contribution in [0.4, 0.5) is 0 Å². The van der Waals surface area contributed by atoms with E-state index in [2.05, 4.69) is 25.9 Å². The molecule has 0 nitrogen and oxygen atoms in total. The van der Waals surface area contributed by atoms with Crippen molar-refractivity contribution >= 4 is 12.9 Å². The van der Waals surface area contributed by atoms with Crippen LogP contribution in [0.5, 0.6) is 0 Å². The summed E-state index contributed by atoms with van der Waals surface area (Å²) in [6, 6.07) is 0. The standard InChI is InChI=1S/C5H7B/c1-5-3-2-4-6-5/h3-4H,2H2,1H3. The molecule has 0 aliphatic carbocycles. The third-order valence-electron chi connectivity index (χ3n) is 0.957. The quantitative estimate of drug-likeness (QED) is 0.376. The SMILES string of the molecule is CC1=CCC=B1. The molecule has 1 heteroatoms. The van der Waals surface area contributed by atoms with E-state index >= 15 is 0 Å². The molecule has 1 aliphatic rings. The van der Waals surface area contributed by atoms with Crippen LogP contribution >= 0.6 is 0 Å². The van der Waals surface area contributed by atoms with Gasteiger partial charge in [-0.1, -0.05) is 0 Å². The Balaban J connectivity index is 2.68. The summed E-state index contributed by atoms with van der Waals surface area (Å²) in [5, 5.41) is 0. The molecule has 0 saturated carbocycles. The summed E-state index contributed by atoms with van der Waals surface area (Å²) in [6.45, 7) is 4.25. The van der Waals surface area contributed by atoms with Gasteiger partial charge in [0.2, 0.25) is 0 Å². The summed E-state index contributed by atoms with van der Waals surface area (Å²) in [4.78, 5) is 0. The minimum atomic E-state index is 1.14. The van der Waals surface area contributed by atoms with E-state index in [0.717, 1.165) is 6.42 Å². The van der Waals surface area contributed by atoms with Gasteiger partial charge in [-0.25, -0.2) is 0 Å². The van der Waals surface area contributed by atoms with Gasteiger partial charge in [0.1, 0.15) is 0 Å². The average Bonchev–Trinajstić information content (AvgIpc) is 1.86. The van der Waals surface area contributed by atoms with Crippen LogP contribution in [0.2, 0.25) is 0 Å². The third-order valence-corrected chi connectivity index (χ3v) is 0.957. The Morgan fingerprint density at radius 2 is 2.67 bits per heavy atom. The van der Waals surface area contributed by atoms with Gasteiger partial charge in [-0.05, 0) is 0 Å². The van der Waals surface area contributed by atoms with Crippen LogP contribution in [0.25, 0.3) is 0 Å². The first-order valence-electron chi connectivity index (χ1n) is 2.23. The van der Waals surface area contributed by atoms with Gasteiger partial charge in [-0.15, -0.1) is 0 Å². The molecule has 0 atom stereocenters. The number of rotatable bonds is 0. The molecular formula is C5H7B. The number of hydrogen-bond donors (Lipinski definition) is 0. The second kappa shape index (κ2) is 1.42. The molecule has 30 valence electrons. The molecule has 0 spiro atoms. The maximum absolute atomic E-state index is 2.21. The summed E-state index contributed by atoms with van der Waals surface area (Å²) in [7, 11) is 0. The van der Waals surface area contributed by atoms with E-state index in [1.54, 1.807) is 0 Å². The van der Waals surface area contributed by atoms with E-state index < -0.39 is 0 Å². The first kappa shape index (κ1) is 3.85. The van der Waals surface area contributed by atoms with Crippen molar-refractivity contribution in [3.63, 3.8) is 0 Å². The Morgan fingerprint density at radius 1 is 1.83 bits per heavy atom. The molecule has 0 amide bonds. The van der Waals surface area contributed by atoms with Crippen molar-refractivity contribution in [1.29, 1.82) is 0 Å². The van der Waals surface area contributed by atoms with Crippen LogP contribution in [-0.2, 0) is 0 Å². The monoisotopic (exact) mass is 78.1 g/mol. The molecule has 0 aromatic heterocycles. The van der Waals surface area contributed by atoms with Crippen molar-refractivity contribution in [2.45, 2.75) is 13.3 Å². The van der Waals surface area contributed by atoms with Crippen LogP contribution in [0.3, 0.4) is 0 Å². The van der Waals surface area contributed by atoms with Crippen molar-refractivity contribution in [3.05, 3.63) is 11.5 Å². The Morgan fingerprint density at radius 3 is 2.83 bits per heavy atom. The Kier molecular flexibility index (Phi) is 0.910. The summed E-state index contributed by atoms with van der Waals surface area (Å²) < 4.78 is 0. The normalized spacial score (nSPS) is 17.2. The summed E-state index contributed by atoms with van der Waals surface area (Å²) in [5.41, 5.74) is 1.40. The second-order valence-electron chi connectivity index (χ2n) is 1.59. The molecule has 0 unspecified atom stereocenters. The average molecular weight is 77.9 g/mol. The molecule has 0 bridgehead atoms. The topological polar surface area (TPSA) is 0 Å². The van der Waals surface area contributed by atoms with E-state index in [1.807, 2.05) is 0 Å². The molecule has 0 aromatic rings. The van der Waals surface area contributed by atoms with E-state index in [1.165, 1.54) is 5.47 Å². The van der Waals surface area contributed by atoms with Crippen LogP contribution in [-0.4, -0.2) is 12.9 Å². The Hall–Kier alpha value is -0.325. The summed E-state index contributed by atoms with van der Waals surface area (Å²) in [5.74, 6) is 2.16. The first-order valence-corrected chi connectivity index (χ1v) is 2.23. The van der Waals surface area contributed by atoms with E-state index in [4.69, 9.17) is 0 Å². The fourth-order valence-electron chi connectivity index (χ4n) is 0.576. The molecule has 0 radical (unpaired) electrons. The zero-order valence-electron chi connectivity index (χ0n) is 3.94. The van der Waals surface area contributed by atoms with E-state index in [0.29, 0.717) is 0 Å². The van der Waals surface area contributed by atoms with Crippen LogP contribution < -0.4 is 0 Å². The first-order chi connectivity index (χ1) is 2.89. The third kappa shape index (κ3) is 0.590. The zero-order chi connectivity index (χ0) is 4.41. The van der Waals surface area contributed by atoms with Crippen molar-refractivity contribution in [2.24, 2.45) is 0 Å². The van der Waals surface area contributed by atoms with Crippen molar-refractivity contribution in [1.82, 2.24) is 0 Å². The number of hydrogen-bond acceptors (Lipinski definition) is 0. The predicted molar refractivity (Wildman–Crippen MR) is 30.2 cm³/mol. The molecule has 0 N–H and O–H groups in total. The van der Waals surface area contributed by atoms with Crippen molar-refractivity contribution in [3.8, 4) is 0 Å². The molecule has 1 rings (SSSR count). The van der Waals surface area contributed by atoms with Gasteiger partial charge in [0.25, 0.3) is 0 Å². The van der Waals surface area contributed by atoms with Crippen molar-refractivity contribution < 1.29 is 0 Å². The van der Waals surface area contributed by atoms with Gasteiger partial charge in [-0.3, -0.25) is 0 Å². The van der Waals surface area contributed by atoms with Gasteiger partial charge in [0.05, 0.1) is 0 Å². The molecule has 0 aromatic carbocycles. The van der Waals surface area contributed by atoms with Gasteiger partial charge in [-0.2, -0.15) is 0 Å². The van der Waals surface area contributed by atoms with Gasteiger partial charge in [0, 0.05) is 0 Å². The van der Waals surface area contributed by atoms with Gasteiger partial charge >= 0.3 is 37.8 Å². The van der Waals surface area contributed by atoms with Crippen LogP contribution in [0.1, 0.15) is 13.3 Å².